The van der Waals surface area contributed by atoms with E-state index in [1.54, 1.807) is 13.0 Å². The summed E-state index contributed by atoms with van der Waals surface area (Å²) in [6.07, 6.45) is 0.385. The number of imide groups is 1. The molecule has 4 nitrogen and oxygen atoms in total. The average Bonchev–Trinajstić information content (AvgIpc) is 2.70. The van der Waals surface area contributed by atoms with E-state index in [1.807, 2.05) is 24.3 Å². The van der Waals surface area contributed by atoms with Crippen LogP contribution in [-0.2, 0) is 11.2 Å². The Morgan fingerprint density at radius 3 is 2.25 bits per heavy atom. The normalized spacial score (nSPS) is 20.4. The number of nitrogens with one attached hydrogen (secondary N) is 1. The molecule has 1 heterocycles. The summed E-state index contributed by atoms with van der Waals surface area (Å²) in [6.45, 7) is 1.71. The van der Waals surface area contributed by atoms with Crippen LogP contribution in [0.15, 0.2) is 46.9 Å². The number of hydrogen-bond donors (Lipinski definition) is 1. The maximum absolute atomic E-state index is 12.9. The number of nitrogens with zero attached hydrogens (tertiary/aromatic N) is 1. The van der Waals surface area contributed by atoms with Crippen LogP contribution in [0.4, 0.5) is 10.5 Å². The van der Waals surface area contributed by atoms with Crippen LogP contribution in [0.1, 0.15) is 12.5 Å². The number of rotatable bonds is 3. The van der Waals surface area contributed by atoms with Crippen molar-refractivity contribution in [1.82, 2.24) is 5.32 Å². The third-order valence-corrected chi connectivity index (χ3v) is 4.80. The summed E-state index contributed by atoms with van der Waals surface area (Å²) in [5.41, 5.74) is 0.273. The monoisotopic (exact) mass is 426 g/mol. The van der Waals surface area contributed by atoms with E-state index in [2.05, 4.69) is 21.2 Å². The molecule has 24 heavy (non-hydrogen) atoms. The Kier molecular flexibility index (Phi) is 4.60. The van der Waals surface area contributed by atoms with E-state index in [0.29, 0.717) is 22.2 Å². The van der Waals surface area contributed by atoms with Gasteiger partial charge in [0.25, 0.3) is 5.91 Å². The molecule has 2 aromatic carbocycles. The van der Waals surface area contributed by atoms with Crippen LogP contribution in [0, 0.1) is 0 Å². The Bertz CT molecular complexity index is 806. The van der Waals surface area contributed by atoms with Crippen LogP contribution in [-0.4, -0.2) is 17.5 Å². The molecule has 0 radical (unpaired) electrons. The van der Waals surface area contributed by atoms with Crippen LogP contribution in [0.25, 0.3) is 0 Å². The van der Waals surface area contributed by atoms with Gasteiger partial charge in [-0.25, -0.2) is 9.69 Å². The number of carbonyl (C=O) groups is 2. The third-order valence-electron chi connectivity index (χ3n) is 3.84. The highest BCUT2D eigenvalue weighted by Gasteiger charge is 2.48. The lowest BCUT2D eigenvalue weighted by Crippen LogP contribution is -2.46. The standard InChI is InChI=1S/C17H13BrCl2N2O2/c1-17(9-10-2-4-11(18)5-3-10)15(23)22(16(24)21-17)14-7-12(19)6-13(20)8-14/h2-8H,9H2,1H3,(H,21,24)/t17-/m1/s1. The minimum absolute atomic E-state index is 0.339. The summed E-state index contributed by atoms with van der Waals surface area (Å²) < 4.78 is 0.952. The molecule has 1 N–H and O–H groups in total. The fraction of sp³-hybridized carbons (Fsp3) is 0.176. The molecule has 1 saturated heterocycles. The van der Waals surface area contributed by atoms with E-state index < -0.39 is 11.6 Å². The van der Waals surface area contributed by atoms with Crippen molar-refractivity contribution in [2.24, 2.45) is 0 Å². The van der Waals surface area contributed by atoms with Crippen molar-refractivity contribution in [2.75, 3.05) is 4.90 Å². The number of hydrogen-bond acceptors (Lipinski definition) is 2. The molecule has 0 aromatic heterocycles. The number of urea groups is 1. The van der Waals surface area contributed by atoms with Gasteiger partial charge in [-0.15, -0.1) is 0 Å². The van der Waals surface area contributed by atoms with Gasteiger partial charge in [0.1, 0.15) is 5.54 Å². The molecule has 0 aliphatic carbocycles. The second kappa shape index (κ2) is 6.39. The molecule has 0 saturated carbocycles. The minimum atomic E-state index is -1.03. The highest BCUT2D eigenvalue weighted by Crippen LogP contribution is 2.31. The number of anilines is 1. The first kappa shape index (κ1) is 17.3. The van der Waals surface area contributed by atoms with Crippen LogP contribution in [0.3, 0.4) is 0 Å². The molecule has 3 amide bonds. The zero-order valence-electron chi connectivity index (χ0n) is 12.6. The van der Waals surface area contributed by atoms with Gasteiger partial charge >= 0.3 is 6.03 Å². The van der Waals surface area contributed by atoms with E-state index in [1.165, 1.54) is 12.1 Å². The Morgan fingerprint density at radius 1 is 1.08 bits per heavy atom. The fourth-order valence-corrected chi connectivity index (χ4v) is 3.50. The van der Waals surface area contributed by atoms with E-state index in [0.717, 1.165) is 14.9 Å². The van der Waals surface area contributed by atoms with Crippen LogP contribution >= 0.6 is 39.1 Å². The minimum Gasteiger partial charge on any atom is -0.323 e. The molecule has 2 aromatic rings. The van der Waals surface area contributed by atoms with Crippen LogP contribution in [0.5, 0.6) is 0 Å². The highest BCUT2D eigenvalue weighted by molar-refractivity contribution is 9.10. The van der Waals surface area contributed by atoms with Gasteiger partial charge in [-0.05, 0) is 42.8 Å². The molecule has 1 aliphatic rings. The summed E-state index contributed by atoms with van der Waals surface area (Å²) >= 11 is 15.3. The Morgan fingerprint density at radius 2 is 1.67 bits per heavy atom. The van der Waals surface area contributed by atoms with Gasteiger partial charge in [0.2, 0.25) is 0 Å². The molecular formula is C17H13BrCl2N2O2. The van der Waals surface area contributed by atoms with Gasteiger partial charge in [0.05, 0.1) is 5.69 Å². The van der Waals surface area contributed by atoms with Crippen molar-refractivity contribution in [3.05, 3.63) is 62.5 Å². The number of halogens is 3. The van der Waals surface area contributed by atoms with Crippen molar-refractivity contribution in [1.29, 1.82) is 0 Å². The third kappa shape index (κ3) is 3.29. The average molecular weight is 428 g/mol. The molecule has 0 unspecified atom stereocenters. The quantitative estimate of drug-likeness (QED) is 0.714. The smallest absolute Gasteiger partial charge is 0.323 e. The predicted octanol–water partition coefficient (Wildman–Crippen LogP) is 4.81. The second-order valence-electron chi connectivity index (χ2n) is 5.83. The number of amides is 3. The second-order valence-corrected chi connectivity index (χ2v) is 7.62. The highest BCUT2D eigenvalue weighted by atomic mass is 79.9. The molecule has 3 rings (SSSR count). The van der Waals surface area contributed by atoms with Crippen molar-refractivity contribution in [2.45, 2.75) is 18.9 Å². The summed E-state index contributed by atoms with van der Waals surface area (Å²) in [7, 11) is 0. The lowest BCUT2D eigenvalue weighted by molar-refractivity contribution is -0.121. The van der Waals surface area contributed by atoms with Gasteiger partial charge in [0.15, 0.2) is 0 Å². The molecule has 124 valence electrons. The molecule has 7 heteroatoms. The zero-order chi connectivity index (χ0) is 17.5. The Labute approximate surface area is 157 Å². The van der Waals surface area contributed by atoms with E-state index in [4.69, 9.17) is 23.2 Å². The molecule has 1 atom stereocenters. The van der Waals surface area contributed by atoms with Gasteiger partial charge in [0, 0.05) is 20.9 Å². The SMILES string of the molecule is C[C@]1(Cc2ccc(Br)cc2)NC(=O)N(c2cc(Cl)cc(Cl)c2)C1=O. The van der Waals surface area contributed by atoms with Gasteiger partial charge in [-0.2, -0.15) is 0 Å². The molecule has 1 aliphatic heterocycles. The molecule has 1 fully saturated rings. The predicted molar refractivity (Wildman–Crippen MR) is 98.7 cm³/mol. The fourth-order valence-electron chi connectivity index (χ4n) is 2.72. The first-order valence-corrected chi connectivity index (χ1v) is 8.71. The maximum Gasteiger partial charge on any atom is 0.329 e. The lowest BCUT2D eigenvalue weighted by Gasteiger charge is -2.22. The van der Waals surface area contributed by atoms with Gasteiger partial charge in [-0.3, -0.25) is 4.79 Å². The van der Waals surface area contributed by atoms with Crippen LogP contribution in [0.2, 0.25) is 10.0 Å². The van der Waals surface area contributed by atoms with E-state index >= 15 is 0 Å². The molecule has 0 bridgehead atoms. The summed E-state index contributed by atoms with van der Waals surface area (Å²) in [5, 5.41) is 3.49. The first-order valence-electron chi connectivity index (χ1n) is 7.16. The number of carbonyl (C=O) groups excluding carboxylic acids is 2. The van der Waals surface area contributed by atoms with Crippen LogP contribution < -0.4 is 10.2 Å². The summed E-state index contributed by atoms with van der Waals surface area (Å²) in [6, 6.07) is 11.8. The maximum atomic E-state index is 12.9. The van der Waals surface area contributed by atoms with Gasteiger partial charge in [-0.1, -0.05) is 51.3 Å². The van der Waals surface area contributed by atoms with Crippen molar-refractivity contribution in [3.8, 4) is 0 Å². The van der Waals surface area contributed by atoms with E-state index in [9.17, 15) is 9.59 Å². The number of benzene rings is 2. The molecular weight excluding hydrogens is 415 g/mol. The van der Waals surface area contributed by atoms with E-state index in [-0.39, 0.29) is 5.91 Å². The topological polar surface area (TPSA) is 49.4 Å². The van der Waals surface area contributed by atoms with Gasteiger partial charge < -0.3 is 5.32 Å². The summed E-state index contributed by atoms with van der Waals surface area (Å²) in [5.74, 6) is -0.339. The largest absolute Gasteiger partial charge is 0.329 e. The van der Waals surface area contributed by atoms with Crippen molar-refractivity contribution in [3.63, 3.8) is 0 Å². The Hall–Kier alpha value is -1.56. The summed E-state index contributed by atoms with van der Waals surface area (Å²) in [4.78, 5) is 26.3. The molecule has 0 spiro atoms. The first-order chi connectivity index (χ1) is 11.3. The Balaban J connectivity index is 1.91. The van der Waals surface area contributed by atoms with Crippen molar-refractivity contribution < 1.29 is 9.59 Å². The lowest BCUT2D eigenvalue weighted by atomic mass is 9.93. The van der Waals surface area contributed by atoms with Crippen molar-refractivity contribution >= 4 is 56.8 Å². The zero-order valence-corrected chi connectivity index (χ0v) is 15.7.